The molecule has 1 aliphatic carbocycles. The maximum atomic E-state index is 11.2. The Bertz CT molecular complexity index is 254. The third-order valence-corrected chi connectivity index (χ3v) is 3.17. The predicted octanol–water partition coefficient (Wildman–Crippen LogP) is 1.87. The Labute approximate surface area is 84.5 Å². The van der Waals surface area contributed by atoms with Crippen LogP contribution in [0.3, 0.4) is 0 Å². The molecule has 66 valence electrons. The lowest BCUT2D eigenvalue weighted by Crippen LogP contribution is -2.37. The molecule has 5 heteroatoms. The van der Waals surface area contributed by atoms with E-state index in [9.17, 15) is 9.59 Å². The van der Waals surface area contributed by atoms with E-state index in [2.05, 4.69) is 0 Å². The third kappa shape index (κ3) is 1.39. The SMILES string of the molecule is CC1=C(Cl)C(=O)C(Cl)C(Cl)C1=O. The number of Topliss-reactive ketones (excluding diaryl/α,β-unsaturated/α-hetero) is 2. The van der Waals surface area contributed by atoms with Crippen LogP contribution in [-0.4, -0.2) is 22.3 Å². The van der Waals surface area contributed by atoms with Crippen LogP contribution in [0.15, 0.2) is 10.6 Å². The van der Waals surface area contributed by atoms with Gasteiger partial charge < -0.3 is 0 Å². The molecule has 0 amide bonds. The van der Waals surface area contributed by atoms with Crippen molar-refractivity contribution < 1.29 is 9.59 Å². The average Bonchev–Trinajstić information content (AvgIpc) is 2.08. The molecular formula is C7H5Cl3O2. The zero-order valence-electron chi connectivity index (χ0n) is 6.11. The minimum atomic E-state index is -1.03. The van der Waals surface area contributed by atoms with Gasteiger partial charge in [0.25, 0.3) is 0 Å². The molecule has 0 aromatic carbocycles. The minimum absolute atomic E-state index is 0.100. The lowest BCUT2D eigenvalue weighted by Gasteiger charge is -2.20. The predicted molar refractivity (Wildman–Crippen MR) is 47.8 cm³/mol. The van der Waals surface area contributed by atoms with Crippen LogP contribution in [0.1, 0.15) is 6.92 Å². The molecule has 0 saturated carbocycles. The normalized spacial score (nSPS) is 31.3. The van der Waals surface area contributed by atoms with Crippen molar-refractivity contribution in [2.24, 2.45) is 0 Å². The molecule has 0 aromatic rings. The van der Waals surface area contributed by atoms with E-state index >= 15 is 0 Å². The van der Waals surface area contributed by atoms with Gasteiger partial charge in [-0.2, -0.15) is 0 Å². The summed E-state index contributed by atoms with van der Waals surface area (Å²) in [7, 11) is 0. The first-order valence-corrected chi connectivity index (χ1v) is 4.45. The minimum Gasteiger partial charge on any atom is -0.293 e. The van der Waals surface area contributed by atoms with Gasteiger partial charge in [-0.1, -0.05) is 11.6 Å². The fourth-order valence-corrected chi connectivity index (χ4v) is 1.65. The summed E-state index contributed by atoms with van der Waals surface area (Å²) < 4.78 is 0. The Morgan fingerprint density at radius 3 is 2.00 bits per heavy atom. The molecule has 2 nitrogen and oxygen atoms in total. The van der Waals surface area contributed by atoms with Gasteiger partial charge in [0.15, 0.2) is 11.6 Å². The van der Waals surface area contributed by atoms with E-state index < -0.39 is 16.5 Å². The van der Waals surface area contributed by atoms with E-state index in [0.717, 1.165) is 0 Å². The molecule has 1 rings (SSSR count). The summed E-state index contributed by atoms with van der Waals surface area (Å²) in [5, 5.41) is -2.12. The Balaban J connectivity index is 3.17. The van der Waals surface area contributed by atoms with Crippen LogP contribution >= 0.6 is 34.8 Å². The Hall–Kier alpha value is -0.0500. The summed E-state index contributed by atoms with van der Waals surface area (Å²) in [6.07, 6.45) is 0. The number of rotatable bonds is 0. The summed E-state index contributed by atoms with van der Waals surface area (Å²) in [4.78, 5) is 22.3. The molecular weight excluding hydrogens is 222 g/mol. The molecule has 1 aliphatic rings. The van der Waals surface area contributed by atoms with E-state index in [1.165, 1.54) is 6.92 Å². The van der Waals surface area contributed by atoms with E-state index in [1.807, 2.05) is 0 Å². The highest BCUT2D eigenvalue weighted by atomic mass is 35.5. The van der Waals surface area contributed by atoms with Crippen LogP contribution in [0.2, 0.25) is 0 Å². The maximum absolute atomic E-state index is 11.2. The number of hydrogen-bond donors (Lipinski definition) is 0. The molecule has 0 aliphatic heterocycles. The molecule has 0 saturated heterocycles. The van der Waals surface area contributed by atoms with Gasteiger partial charge in [0.1, 0.15) is 10.8 Å². The second-order valence-corrected chi connectivity index (χ2v) is 3.79. The summed E-state index contributed by atoms with van der Waals surface area (Å²) in [5.74, 6) is -0.850. The van der Waals surface area contributed by atoms with Crippen molar-refractivity contribution in [3.8, 4) is 0 Å². The van der Waals surface area contributed by atoms with Crippen LogP contribution in [0.25, 0.3) is 0 Å². The lowest BCUT2D eigenvalue weighted by atomic mass is 9.97. The molecule has 2 atom stereocenters. The molecule has 0 radical (unpaired) electrons. The van der Waals surface area contributed by atoms with Crippen molar-refractivity contribution in [3.63, 3.8) is 0 Å². The fourth-order valence-electron chi connectivity index (χ4n) is 0.887. The number of carbonyl (C=O) groups excluding carboxylic acids is 2. The van der Waals surface area contributed by atoms with Gasteiger partial charge in [-0.3, -0.25) is 9.59 Å². The Morgan fingerprint density at radius 2 is 1.50 bits per heavy atom. The first-order valence-electron chi connectivity index (χ1n) is 3.19. The second-order valence-electron chi connectivity index (χ2n) is 2.47. The highest BCUT2D eigenvalue weighted by Gasteiger charge is 2.38. The average molecular weight is 227 g/mol. The second kappa shape index (κ2) is 3.36. The van der Waals surface area contributed by atoms with Crippen LogP contribution < -0.4 is 0 Å². The molecule has 0 aromatic heterocycles. The van der Waals surface area contributed by atoms with E-state index in [0.29, 0.717) is 0 Å². The smallest absolute Gasteiger partial charge is 0.194 e. The number of alkyl halides is 2. The van der Waals surface area contributed by atoms with Crippen LogP contribution in [0.4, 0.5) is 0 Å². The summed E-state index contributed by atoms with van der Waals surface area (Å²) in [5.41, 5.74) is 0.193. The topological polar surface area (TPSA) is 34.1 Å². The largest absolute Gasteiger partial charge is 0.293 e. The highest BCUT2D eigenvalue weighted by molar-refractivity contribution is 6.56. The third-order valence-electron chi connectivity index (χ3n) is 1.67. The molecule has 0 heterocycles. The zero-order valence-corrected chi connectivity index (χ0v) is 8.37. The van der Waals surface area contributed by atoms with Crippen molar-refractivity contribution in [2.75, 3.05) is 0 Å². The van der Waals surface area contributed by atoms with E-state index in [-0.39, 0.29) is 16.4 Å². The number of halogens is 3. The standard InChI is InChI=1S/C7H5Cl3O2/c1-2-3(8)7(12)5(10)4(9)6(2)11/h4-5H,1H3. The molecule has 0 N–H and O–H groups in total. The monoisotopic (exact) mass is 226 g/mol. The van der Waals surface area contributed by atoms with Crippen molar-refractivity contribution in [3.05, 3.63) is 10.6 Å². The first kappa shape index (κ1) is 10.0. The van der Waals surface area contributed by atoms with Crippen molar-refractivity contribution >= 4 is 46.4 Å². The summed E-state index contributed by atoms with van der Waals surface area (Å²) in [6, 6.07) is 0. The number of carbonyl (C=O) groups is 2. The van der Waals surface area contributed by atoms with Gasteiger partial charge in [0.2, 0.25) is 0 Å². The number of hydrogen-bond acceptors (Lipinski definition) is 2. The van der Waals surface area contributed by atoms with Crippen LogP contribution in [0, 0.1) is 0 Å². The van der Waals surface area contributed by atoms with E-state index in [4.69, 9.17) is 34.8 Å². The maximum Gasteiger partial charge on any atom is 0.194 e. The summed E-state index contributed by atoms with van der Waals surface area (Å²) in [6.45, 7) is 1.46. The van der Waals surface area contributed by atoms with Gasteiger partial charge in [-0.25, -0.2) is 0 Å². The highest BCUT2D eigenvalue weighted by Crippen LogP contribution is 2.28. The van der Waals surface area contributed by atoms with Gasteiger partial charge in [0.05, 0.1) is 5.03 Å². The lowest BCUT2D eigenvalue weighted by molar-refractivity contribution is -0.121. The molecule has 12 heavy (non-hydrogen) atoms. The van der Waals surface area contributed by atoms with E-state index in [1.54, 1.807) is 0 Å². The molecule has 0 bridgehead atoms. The molecule has 0 fully saturated rings. The van der Waals surface area contributed by atoms with Crippen LogP contribution in [0.5, 0.6) is 0 Å². The van der Waals surface area contributed by atoms with Crippen LogP contribution in [-0.2, 0) is 9.59 Å². The number of ketones is 2. The van der Waals surface area contributed by atoms with Gasteiger partial charge >= 0.3 is 0 Å². The first-order chi connectivity index (χ1) is 5.46. The molecule has 0 spiro atoms. The number of allylic oxidation sites excluding steroid dienone is 2. The Morgan fingerprint density at radius 1 is 1.08 bits per heavy atom. The van der Waals surface area contributed by atoms with Crippen molar-refractivity contribution in [1.82, 2.24) is 0 Å². The molecule has 2 unspecified atom stereocenters. The van der Waals surface area contributed by atoms with Gasteiger partial charge in [0, 0.05) is 5.57 Å². The zero-order chi connectivity index (χ0) is 9.46. The van der Waals surface area contributed by atoms with Crippen molar-refractivity contribution in [2.45, 2.75) is 17.7 Å². The van der Waals surface area contributed by atoms with Crippen molar-refractivity contribution in [1.29, 1.82) is 0 Å². The Kier molecular flexibility index (Phi) is 2.81. The fraction of sp³-hybridized carbons (Fsp3) is 0.429. The van der Waals surface area contributed by atoms with Gasteiger partial charge in [-0.15, -0.1) is 23.2 Å². The summed E-state index contributed by atoms with van der Waals surface area (Å²) >= 11 is 16.7. The quantitative estimate of drug-likeness (QED) is 0.592. The van der Waals surface area contributed by atoms with Gasteiger partial charge in [-0.05, 0) is 6.92 Å².